The Morgan fingerprint density at radius 1 is 0.902 bits per heavy atom. The first-order valence-corrected chi connectivity index (χ1v) is 14.4. The Morgan fingerprint density at radius 2 is 1.68 bits per heavy atom. The highest BCUT2D eigenvalue weighted by Crippen LogP contribution is 2.33. The van der Waals surface area contributed by atoms with E-state index in [0.717, 1.165) is 28.9 Å². The number of hydrogen-bond acceptors (Lipinski definition) is 7. The number of thioether (sulfide) groups is 1. The number of carbonyl (C=O) groups excluding carboxylic acids is 1. The Labute approximate surface area is 244 Å². The summed E-state index contributed by atoms with van der Waals surface area (Å²) >= 11 is 1.28. The number of fused-ring (bicyclic) bond motifs is 1. The van der Waals surface area contributed by atoms with Gasteiger partial charge in [0, 0.05) is 5.56 Å². The van der Waals surface area contributed by atoms with Gasteiger partial charge in [0.15, 0.2) is 17.3 Å². The fraction of sp³-hybridized carbons (Fsp3) is 0.250. The molecule has 0 fully saturated rings. The lowest BCUT2D eigenvalue weighted by Crippen LogP contribution is -2.35. The molecule has 1 N–H and O–H groups in total. The van der Waals surface area contributed by atoms with Gasteiger partial charge in [-0.05, 0) is 86.0 Å². The van der Waals surface area contributed by atoms with Crippen LogP contribution < -0.4 is 14.2 Å². The van der Waals surface area contributed by atoms with Crippen LogP contribution in [0.4, 0.5) is 0 Å². The maximum absolute atomic E-state index is 12.9. The first kappa shape index (κ1) is 28.2. The third-order valence-corrected chi connectivity index (χ3v) is 7.42. The molecule has 0 bridgehead atoms. The third-order valence-electron chi connectivity index (χ3n) is 6.46. The molecular formula is C32H32N4O4S. The van der Waals surface area contributed by atoms with E-state index >= 15 is 0 Å². The van der Waals surface area contributed by atoms with E-state index in [0.29, 0.717) is 47.1 Å². The number of amides is 1. The average molecular weight is 569 g/mol. The second-order valence-corrected chi connectivity index (χ2v) is 10.6. The van der Waals surface area contributed by atoms with E-state index < -0.39 is 5.91 Å². The summed E-state index contributed by atoms with van der Waals surface area (Å²) in [5.41, 5.74) is 5.29. The summed E-state index contributed by atoms with van der Waals surface area (Å²) in [5.74, 6) is 1.44. The number of aryl methyl sites for hydroxylation is 3. The molecule has 210 valence electrons. The summed E-state index contributed by atoms with van der Waals surface area (Å²) in [6.45, 7) is 9.26. The number of rotatable bonds is 10. The van der Waals surface area contributed by atoms with Crippen LogP contribution in [0.1, 0.15) is 41.7 Å². The predicted octanol–water partition coefficient (Wildman–Crippen LogP) is 6.39. The Morgan fingerprint density at radius 3 is 2.44 bits per heavy atom. The standard InChI is InChI=1S/C32H32N4O4S/c1-5-22-15-21(4)16-25(17-22)39-13-14-40-27-12-9-23(19-28(27)38-6-2)18-26-29(33)36-32(34-30(26)37)41-31(35-36)24-10-7-20(3)8-11-24/h7-12,15-19,33H,5-6,13-14H2,1-4H3. The van der Waals surface area contributed by atoms with Crippen LogP contribution in [0.5, 0.6) is 17.2 Å². The lowest BCUT2D eigenvalue weighted by atomic mass is 10.1. The Balaban J connectivity index is 1.29. The van der Waals surface area contributed by atoms with Gasteiger partial charge in [0.25, 0.3) is 5.91 Å². The van der Waals surface area contributed by atoms with Crippen molar-refractivity contribution in [2.75, 3.05) is 19.8 Å². The van der Waals surface area contributed by atoms with E-state index in [1.165, 1.54) is 22.3 Å². The van der Waals surface area contributed by atoms with Gasteiger partial charge in [-0.2, -0.15) is 15.1 Å². The minimum atomic E-state index is -0.480. The molecule has 3 aromatic carbocycles. The monoisotopic (exact) mass is 568 g/mol. The van der Waals surface area contributed by atoms with Crippen molar-refractivity contribution < 1.29 is 19.0 Å². The van der Waals surface area contributed by atoms with E-state index in [9.17, 15) is 4.79 Å². The number of amidine groups is 2. The maximum Gasteiger partial charge on any atom is 0.283 e. The van der Waals surface area contributed by atoms with Crippen LogP contribution in [-0.2, 0) is 11.2 Å². The van der Waals surface area contributed by atoms with Gasteiger partial charge in [0.1, 0.15) is 24.0 Å². The number of nitrogens with one attached hydrogen (secondary N) is 1. The number of nitrogens with zero attached hydrogens (tertiary/aromatic N) is 3. The largest absolute Gasteiger partial charge is 0.490 e. The van der Waals surface area contributed by atoms with Crippen LogP contribution in [0.2, 0.25) is 0 Å². The van der Waals surface area contributed by atoms with Gasteiger partial charge < -0.3 is 14.2 Å². The quantitative estimate of drug-likeness (QED) is 0.225. The zero-order valence-corrected chi connectivity index (χ0v) is 24.4. The minimum absolute atomic E-state index is 0.0209. The zero-order valence-electron chi connectivity index (χ0n) is 23.6. The van der Waals surface area contributed by atoms with Crippen molar-refractivity contribution in [2.45, 2.75) is 34.1 Å². The Kier molecular flexibility index (Phi) is 8.54. The molecule has 9 heteroatoms. The number of carbonyl (C=O) groups is 1. The van der Waals surface area contributed by atoms with Crippen LogP contribution in [0.3, 0.4) is 0 Å². The van der Waals surface area contributed by atoms with Crippen LogP contribution in [0.15, 0.2) is 76.3 Å². The normalized spacial score (nSPS) is 15.5. The molecule has 0 saturated heterocycles. The lowest BCUT2D eigenvalue weighted by molar-refractivity contribution is -0.114. The third kappa shape index (κ3) is 6.52. The maximum atomic E-state index is 12.9. The molecule has 0 unspecified atom stereocenters. The van der Waals surface area contributed by atoms with Gasteiger partial charge in [0.05, 0.1) is 12.2 Å². The fourth-order valence-electron chi connectivity index (χ4n) is 4.40. The summed E-state index contributed by atoms with van der Waals surface area (Å²) in [6, 6.07) is 19.6. The van der Waals surface area contributed by atoms with Crippen molar-refractivity contribution >= 4 is 39.8 Å². The van der Waals surface area contributed by atoms with E-state index in [4.69, 9.17) is 19.6 Å². The molecule has 1 amide bonds. The molecular weight excluding hydrogens is 536 g/mol. The summed E-state index contributed by atoms with van der Waals surface area (Å²) in [7, 11) is 0. The summed E-state index contributed by atoms with van der Waals surface area (Å²) in [6.07, 6.45) is 2.58. The van der Waals surface area contributed by atoms with E-state index in [1.54, 1.807) is 18.2 Å². The highest BCUT2D eigenvalue weighted by atomic mass is 32.2. The summed E-state index contributed by atoms with van der Waals surface area (Å²) in [5, 5.41) is 15.8. The zero-order chi connectivity index (χ0) is 28.9. The second-order valence-electron chi connectivity index (χ2n) is 9.64. The summed E-state index contributed by atoms with van der Waals surface area (Å²) < 4.78 is 17.7. The Hall–Kier alpha value is -4.37. The fourth-order valence-corrected chi connectivity index (χ4v) is 5.29. The molecule has 41 heavy (non-hydrogen) atoms. The molecule has 0 aromatic heterocycles. The molecule has 0 spiro atoms. The van der Waals surface area contributed by atoms with Crippen molar-refractivity contribution in [3.63, 3.8) is 0 Å². The van der Waals surface area contributed by atoms with Gasteiger partial charge in [0.2, 0.25) is 5.17 Å². The van der Waals surface area contributed by atoms with Gasteiger partial charge in [-0.3, -0.25) is 10.2 Å². The highest BCUT2D eigenvalue weighted by molar-refractivity contribution is 8.27. The summed E-state index contributed by atoms with van der Waals surface area (Å²) in [4.78, 5) is 17.1. The molecule has 2 aliphatic heterocycles. The van der Waals surface area contributed by atoms with Crippen molar-refractivity contribution in [1.29, 1.82) is 5.41 Å². The van der Waals surface area contributed by atoms with Crippen molar-refractivity contribution in [3.05, 3.63) is 94.1 Å². The molecule has 8 nitrogen and oxygen atoms in total. The van der Waals surface area contributed by atoms with E-state index in [1.807, 2.05) is 56.3 Å². The van der Waals surface area contributed by atoms with Crippen molar-refractivity contribution in [2.24, 2.45) is 10.1 Å². The Bertz CT molecular complexity index is 1580. The minimum Gasteiger partial charge on any atom is -0.490 e. The highest BCUT2D eigenvalue weighted by Gasteiger charge is 2.36. The van der Waals surface area contributed by atoms with Crippen LogP contribution in [0.25, 0.3) is 6.08 Å². The molecule has 0 atom stereocenters. The second kappa shape index (κ2) is 12.4. The van der Waals surface area contributed by atoms with Crippen molar-refractivity contribution in [3.8, 4) is 17.2 Å². The SMILES string of the molecule is CCOc1cc(C=C2C(=N)N3N=C(c4ccc(C)cc4)SC3=NC2=O)ccc1OCCOc1cc(C)cc(CC)c1. The molecule has 0 aliphatic carbocycles. The first-order chi connectivity index (χ1) is 19.8. The van der Waals surface area contributed by atoms with Gasteiger partial charge in [-0.1, -0.05) is 48.9 Å². The van der Waals surface area contributed by atoms with Crippen LogP contribution in [-0.4, -0.2) is 46.8 Å². The van der Waals surface area contributed by atoms with Gasteiger partial charge in [-0.25, -0.2) is 0 Å². The number of aliphatic imine (C=N–C) groups is 1. The molecule has 0 saturated carbocycles. The molecule has 2 aliphatic rings. The first-order valence-electron chi connectivity index (χ1n) is 13.5. The number of hydrogen-bond donors (Lipinski definition) is 1. The lowest BCUT2D eigenvalue weighted by Gasteiger charge is -2.20. The number of ether oxygens (including phenoxy) is 3. The molecule has 2 heterocycles. The molecule has 3 aromatic rings. The van der Waals surface area contributed by atoms with Crippen molar-refractivity contribution in [1.82, 2.24) is 5.01 Å². The molecule has 0 radical (unpaired) electrons. The average Bonchev–Trinajstić information content (AvgIpc) is 3.38. The van der Waals surface area contributed by atoms with Gasteiger partial charge >= 0.3 is 0 Å². The van der Waals surface area contributed by atoms with E-state index in [2.05, 4.69) is 30.0 Å². The molecule has 5 rings (SSSR count). The van der Waals surface area contributed by atoms with Gasteiger partial charge in [-0.15, -0.1) is 0 Å². The van der Waals surface area contributed by atoms with E-state index in [-0.39, 0.29) is 11.4 Å². The topological polar surface area (TPSA) is 96.6 Å². The smallest absolute Gasteiger partial charge is 0.283 e. The van der Waals surface area contributed by atoms with Crippen LogP contribution in [0, 0.1) is 19.3 Å². The number of benzene rings is 3. The van der Waals surface area contributed by atoms with Crippen LogP contribution >= 0.6 is 11.8 Å². The number of hydrazone groups is 1. The predicted molar refractivity (Wildman–Crippen MR) is 164 cm³/mol.